The van der Waals surface area contributed by atoms with Crippen LogP contribution in [0.15, 0.2) is 18.5 Å². The Morgan fingerprint density at radius 3 is 3.05 bits per heavy atom. The van der Waals surface area contributed by atoms with Crippen molar-refractivity contribution < 1.29 is 14.3 Å². The molecule has 6 heteroatoms. The monoisotopic (exact) mass is 287 g/mol. The van der Waals surface area contributed by atoms with E-state index in [1.54, 1.807) is 12.3 Å². The fourth-order valence-electron chi connectivity index (χ4n) is 2.34. The number of carbonyl (C=O) groups excluding carboxylic acids is 2. The zero-order valence-electron chi connectivity index (χ0n) is 11.8. The lowest BCUT2D eigenvalue weighted by Gasteiger charge is -2.22. The zero-order chi connectivity index (χ0) is 15.2. The molecule has 1 fully saturated rings. The molecule has 0 saturated carbocycles. The SMILES string of the molecule is COC(=O)C1CCCN1C(=O)c1cncc(C#CCN)c1. The quantitative estimate of drug-likeness (QED) is 0.619. The van der Waals surface area contributed by atoms with Crippen LogP contribution in [0.2, 0.25) is 0 Å². The average Bonchev–Trinajstić information content (AvgIpc) is 3.01. The molecule has 1 aromatic rings. The molecule has 1 amide bonds. The minimum Gasteiger partial charge on any atom is -0.467 e. The number of nitrogens with zero attached hydrogens (tertiary/aromatic N) is 2. The van der Waals surface area contributed by atoms with Gasteiger partial charge in [-0.3, -0.25) is 9.78 Å². The Kier molecular flexibility index (Phi) is 4.90. The van der Waals surface area contributed by atoms with Crippen molar-refractivity contribution in [1.82, 2.24) is 9.88 Å². The summed E-state index contributed by atoms with van der Waals surface area (Å²) in [7, 11) is 1.33. The van der Waals surface area contributed by atoms with Gasteiger partial charge < -0.3 is 15.4 Å². The normalized spacial score (nSPS) is 17.0. The molecule has 1 aromatic heterocycles. The van der Waals surface area contributed by atoms with Gasteiger partial charge in [0.2, 0.25) is 0 Å². The van der Waals surface area contributed by atoms with Gasteiger partial charge in [0.25, 0.3) is 5.91 Å². The maximum absolute atomic E-state index is 12.5. The molecule has 0 aromatic carbocycles. The molecule has 1 aliphatic rings. The summed E-state index contributed by atoms with van der Waals surface area (Å²) in [6, 6.07) is 1.14. The van der Waals surface area contributed by atoms with Crippen LogP contribution >= 0.6 is 0 Å². The fraction of sp³-hybridized carbons (Fsp3) is 0.400. The topological polar surface area (TPSA) is 85.5 Å². The number of rotatable bonds is 2. The molecule has 0 radical (unpaired) electrons. The second-order valence-corrected chi connectivity index (χ2v) is 4.65. The van der Waals surface area contributed by atoms with Crippen LogP contribution in [0.1, 0.15) is 28.8 Å². The van der Waals surface area contributed by atoms with Gasteiger partial charge in [-0.25, -0.2) is 4.79 Å². The van der Waals surface area contributed by atoms with Gasteiger partial charge in [0, 0.05) is 24.5 Å². The van der Waals surface area contributed by atoms with Crippen molar-refractivity contribution in [3.05, 3.63) is 29.6 Å². The largest absolute Gasteiger partial charge is 0.467 e. The summed E-state index contributed by atoms with van der Waals surface area (Å²) in [5.74, 6) is 4.94. The molecule has 1 aliphatic heterocycles. The molecule has 2 rings (SSSR count). The van der Waals surface area contributed by atoms with Crippen LogP contribution in [-0.2, 0) is 9.53 Å². The molecule has 1 unspecified atom stereocenters. The average molecular weight is 287 g/mol. The van der Waals surface area contributed by atoms with Gasteiger partial charge >= 0.3 is 5.97 Å². The summed E-state index contributed by atoms with van der Waals surface area (Å²) >= 11 is 0. The Balaban J connectivity index is 2.21. The molecule has 0 aliphatic carbocycles. The number of nitrogens with two attached hydrogens (primary N) is 1. The number of aromatic nitrogens is 1. The highest BCUT2D eigenvalue weighted by atomic mass is 16.5. The van der Waals surface area contributed by atoms with Crippen LogP contribution in [0, 0.1) is 11.8 Å². The molecule has 2 N–H and O–H groups in total. The van der Waals surface area contributed by atoms with Crippen molar-refractivity contribution in [2.75, 3.05) is 20.2 Å². The Hall–Kier alpha value is -2.39. The van der Waals surface area contributed by atoms with E-state index in [-0.39, 0.29) is 18.4 Å². The Bertz CT molecular complexity index is 604. The zero-order valence-corrected chi connectivity index (χ0v) is 11.8. The van der Waals surface area contributed by atoms with E-state index in [2.05, 4.69) is 16.8 Å². The number of amides is 1. The van der Waals surface area contributed by atoms with E-state index in [0.717, 1.165) is 6.42 Å². The third kappa shape index (κ3) is 3.38. The number of hydrogen-bond donors (Lipinski definition) is 1. The Morgan fingerprint density at radius 2 is 2.33 bits per heavy atom. The van der Waals surface area contributed by atoms with E-state index in [4.69, 9.17) is 10.5 Å². The number of pyridine rings is 1. The van der Waals surface area contributed by atoms with Crippen molar-refractivity contribution in [3.8, 4) is 11.8 Å². The van der Waals surface area contributed by atoms with E-state index >= 15 is 0 Å². The third-order valence-corrected chi connectivity index (χ3v) is 3.31. The molecule has 1 saturated heterocycles. The van der Waals surface area contributed by atoms with E-state index in [1.165, 1.54) is 18.2 Å². The molecule has 2 heterocycles. The van der Waals surface area contributed by atoms with Gasteiger partial charge in [-0.05, 0) is 18.9 Å². The highest BCUT2D eigenvalue weighted by Gasteiger charge is 2.35. The van der Waals surface area contributed by atoms with E-state index < -0.39 is 6.04 Å². The number of carbonyl (C=O) groups is 2. The predicted molar refractivity (Wildman–Crippen MR) is 76.2 cm³/mol. The summed E-state index contributed by atoms with van der Waals surface area (Å²) < 4.78 is 4.74. The standard InChI is InChI=1S/C15H17N3O3/c1-21-15(20)13-5-3-7-18(13)14(19)12-8-11(4-2-6-16)9-17-10-12/h8-10,13H,3,5-7,16H2,1H3. The smallest absolute Gasteiger partial charge is 0.328 e. The second-order valence-electron chi connectivity index (χ2n) is 4.65. The first-order valence-electron chi connectivity index (χ1n) is 6.70. The first-order valence-corrected chi connectivity index (χ1v) is 6.70. The lowest BCUT2D eigenvalue weighted by molar-refractivity contribution is -0.145. The van der Waals surface area contributed by atoms with Gasteiger partial charge in [-0.1, -0.05) is 11.8 Å². The van der Waals surface area contributed by atoms with Gasteiger partial charge in [0.1, 0.15) is 6.04 Å². The summed E-state index contributed by atoms with van der Waals surface area (Å²) in [6.45, 7) is 0.784. The Labute approximate surface area is 123 Å². The minimum absolute atomic E-state index is 0.230. The van der Waals surface area contributed by atoms with Crippen LogP contribution in [0.3, 0.4) is 0 Å². The van der Waals surface area contributed by atoms with Crippen LogP contribution in [0.5, 0.6) is 0 Å². The maximum atomic E-state index is 12.5. The number of likely N-dealkylation sites (tertiary alicyclic amines) is 1. The van der Waals surface area contributed by atoms with Crippen LogP contribution < -0.4 is 5.73 Å². The van der Waals surface area contributed by atoms with E-state index in [0.29, 0.717) is 24.1 Å². The van der Waals surface area contributed by atoms with Crippen LogP contribution in [-0.4, -0.2) is 48.0 Å². The van der Waals surface area contributed by atoms with Gasteiger partial charge in [-0.15, -0.1) is 0 Å². The molecule has 6 nitrogen and oxygen atoms in total. The first-order chi connectivity index (χ1) is 10.2. The summed E-state index contributed by atoms with van der Waals surface area (Å²) in [5.41, 5.74) is 6.36. The van der Waals surface area contributed by atoms with Crippen molar-refractivity contribution in [2.24, 2.45) is 5.73 Å². The molecule has 21 heavy (non-hydrogen) atoms. The highest BCUT2D eigenvalue weighted by Crippen LogP contribution is 2.21. The predicted octanol–water partition coefficient (Wildman–Crippen LogP) is 0.169. The number of methoxy groups -OCH3 is 1. The first kappa shape index (κ1) is 15.0. The highest BCUT2D eigenvalue weighted by molar-refractivity contribution is 5.97. The summed E-state index contributed by atoms with van der Waals surface area (Å²) in [6.07, 6.45) is 4.45. The van der Waals surface area contributed by atoms with Gasteiger partial charge in [0.15, 0.2) is 0 Å². The molecular weight excluding hydrogens is 270 g/mol. The fourth-order valence-corrected chi connectivity index (χ4v) is 2.34. The van der Waals surface area contributed by atoms with E-state index in [1.807, 2.05) is 0 Å². The molecular formula is C15H17N3O3. The van der Waals surface area contributed by atoms with Crippen molar-refractivity contribution in [1.29, 1.82) is 0 Å². The second kappa shape index (κ2) is 6.86. The van der Waals surface area contributed by atoms with Crippen LogP contribution in [0.25, 0.3) is 0 Å². The lowest BCUT2D eigenvalue weighted by atomic mass is 10.1. The maximum Gasteiger partial charge on any atom is 0.328 e. The molecule has 0 spiro atoms. The van der Waals surface area contributed by atoms with E-state index in [9.17, 15) is 9.59 Å². The third-order valence-electron chi connectivity index (χ3n) is 3.31. The van der Waals surface area contributed by atoms with Crippen molar-refractivity contribution in [2.45, 2.75) is 18.9 Å². The van der Waals surface area contributed by atoms with Crippen LogP contribution in [0.4, 0.5) is 0 Å². The van der Waals surface area contributed by atoms with Crippen molar-refractivity contribution >= 4 is 11.9 Å². The Morgan fingerprint density at radius 1 is 1.52 bits per heavy atom. The van der Waals surface area contributed by atoms with Gasteiger partial charge in [-0.2, -0.15) is 0 Å². The molecule has 1 atom stereocenters. The number of ether oxygens (including phenoxy) is 1. The van der Waals surface area contributed by atoms with Gasteiger partial charge in [0.05, 0.1) is 19.2 Å². The molecule has 0 bridgehead atoms. The number of hydrogen-bond acceptors (Lipinski definition) is 5. The molecule has 110 valence electrons. The minimum atomic E-state index is -0.513. The number of esters is 1. The summed E-state index contributed by atoms with van der Waals surface area (Å²) in [5, 5.41) is 0. The van der Waals surface area contributed by atoms with Crippen molar-refractivity contribution in [3.63, 3.8) is 0 Å². The lowest BCUT2D eigenvalue weighted by Crippen LogP contribution is -2.41. The summed E-state index contributed by atoms with van der Waals surface area (Å²) in [4.78, 5) is 29.8.